The van der Waals surface area contributed by atoms with Crippen molar-refractivity contribution >= 4 is 54.6 Å². The van der Waals surface area contributed by atoms with Crippen LogP contribution in [0, 0.1) is 22.9 Å². The number of esters is 1. The highest BCUT2D eigenvalue weighted by Crippen LogP contribution is 2.45. The number of aliphatic hydroxyl groups excluding tert-OH is 2. The number of ether oxygens (including phenoxy) is 12. The van der Waals surface area contributed by atoms with Crippen molar-refractivity contribution in [3.8, 4) is 11.5 Å². The lowest BCUT2D eigenvalue weighted by Gasteiger charge is -2.55. The molecule has 6 heterocycles. The van der Waals surface area contributed by atoms with E-state index in [1.165, 1.54) is 4.68 Å². The minimum Gasteiger partial charge on any atom is -0.491 e. The van der Waals surface area contributed by atoms with Gasteiger partial charge >= 0.3 is 30.6 Å². The van der Waals surface area contributed by atoms with Gasteiger partial charge in [0.25, 0.3) is 0 Å². The molecule has 4 N–H and O–H groups in total. The van der Waals surface area contributed by atoms with Crippen LogP contribution >= 0.6 is 19.2 Å². The summed E-state index contributed by atoms with van der Waals surface area (Å²) in [4.78, 5) is 43.4. The normalized spacial score (nSPS) is 19.1. The zero-order valence-corrected chi connectivity index (χ0v) is 47.6. The number of hydrogen-bond acceptors (Lipinski definition) is 23. The third-order valence-electron chi connectivity index (χ3n) is 13.2. The van der Waals surface area contributed by atoms with E-state index in [9.17, 15) is 32.7 Å². The van der Waals surface area contributed by atoms with Crippen molar-refractivity contribution in [1.29, 1.82) is 0 Å². The number of hydrazone groups is 1. The molecular formula is C52H69ClF3N9O18P+. The summed E-state index contributed by atoms with van der Waals surface area (Å²) in [5.41, 5.74) is 2.36. The first kappa shape index (κ1) is 64.5. The van der Waals surface area contributed by atoms with E-state index in [0.29, 0.717) is 122 Å². The quantitative estimate of drug-likeness (QED) is 0.0126. The fourth-order valence-electron chi connectivity index (χ4n) is 9.30. The largest absolute Gasteiger partial charge is 0.491 e. The highest BCUT2D eigenvalue weighted by atomic mass is 35.5. The summed E-state index contributed by atoms with van der Waals surface area (Å²) in [6.45, 7) is 9.00. The molecule has 0 bridgehead atoms. The Labute approximate surface area is 486 Å². The summed E-state index contributed by atoms with van der Waals surface area (Å²) in [5, 5.41) is 33.9. The van der Waals surface area contributed by atoms with E-state index >= 15 is 0 Å². The van der Waals surface area contributed by atoms with Crippen LogP contribution in [-0.4, -0.2) is 231 Å². The number of hydrogen-bond donors (Lipinski definition) is 4. The Morgan fingerprint density at radius 2 is 1.37 bits per heavy atom. The maximum Gasteiger partial charge on any atom is 0.367 e. The topological polar surface area (TPSA) is 304 Å². The Morgan fingerprint density at radius 3 is 2.01 bits per heavy atom. The second kappa shape index (κ2) is 32.3. The van der Waals surface area contributed by atoms with Crippen LogP contribution < -0.4 is 19.3 Å². The summed E-state index contributed by atoms with van der Waals surface area (Å²) < 4.78 is 120. The number of halogens is 4. The van der Waals surface area contributed by atoms with E-state index in [2.05, 4.69) is 52.1 Å². The van der Waals surface area contributed by atoms with Crippen molar-refractivity contribution in [2.75, 3.05) is 155 Å². The average molecular weight is 1230 g/mol. The Hall–Kier alpha value is -5.54. The molecule has 4 aliphatic heterocycles. The summed E-state index contributed by atoms with van der Waals surface area (Å²) in [5.74, 6) is -4.17. The van der Waals surface area contributed by atoms with Crippen molar-refractivity contribution in [2.24, 2.45) is 10.5 Å². The minimum atomic E-state index is -4.44. The van der Waals surface area contributed by atoms with E-state index in [4.69, 9.17) is 73.5 Å². The molecule has 0 saturated carbocycles. The molecule has 0 aliphatic carbocycles. The number of carbonyl (C=O) groups excluding carboxylic acids is 1. The highest BCUT2D eigenvalue weighted by Gasteiger charge is 2.50. The van der Waals surface area contributed by atoms with Crippen LogP contribution in [0.5, 0.6) is 11.5 Å². The van der Waals surface area contributed by atoms with Crippen LogP contribution in [0.15, 0.2) is 47.7 Å². The molecule has 84 heavy (non-hydrogen) atoms. The first-order chi connectivity index (χ1) is 40.6. The molecule has 32 heteroatoms. The van der Waals surface area contributed by atoms with Gasteiger partial charge in [-0.2, -0.15) is 4.98 Å². The van der Waals surface area contributed by atoms with Crippen molar-refractivity contribution in [3.63, 3.8) is 0 Å². The Balaban J connectivity index is 0.586. The molecule has 462 valence electrons. The number of aromatic nitrogens is 5. The number of aliphatic hydroxyl groups is 2. The molecule has 1 spiro atoms. The number of nitrogens with zero attached hydrogens (tertiary/aromatic N) is 9. The predicted octanol–water partition coefficient (Wildman–Crippen LogP) is 2.62. The van der Waals surface area contributed by atoms with Crippen LogP contribution in [0.25, 0.3) is 0 Å². The fraction of sp³-hybridized carbons (Fsp3) is 0.596. The molecule has 0 amide bonds. The lowest BCUT2D eigenvalue weighted by Crippen LogP contribution is -2.63. The zero-order chi connectivity index (χ0) is 59.3. The summed E-state index contributed by atoms with van der Waals surface area (Å²) in [7, 11) is -4.44. The Kier molecular flexibility index (Phi) is 24.8. The molecular weight excluding hydrogens is 1160 g/mol. The van der Waals surface area contributed by atoms with Gasteiger partial charge in [0.05, 0.1) is 138 Å². The molecule has 4 aromatic rings. The molecule has 27 nitrogen and oxygen atoms in total. The molecule has 3 fully saturated rings. The molecule has 2 aromatic carbocycles. The third kappa shape index (κ3) is 19.5. The van der Waals surface area contributed by atoms with Gasteiger partial charge < -0.3 is 86.6 Å². The number of fused-ring (bicyclic) bond motifs is 1. The summed E-state index contributed by atoms with van der Waals surface area (Å²) in [6.07, 6.45) is 0.181. The first-order valence-corrected chi connectivity index (χ1v) is 29.3. The van der Waals surface area contributed by atoms with E-state index < -0.39 is 61.4 Å². The second-order valence-electron chi connectivity index (χ2n) is 19.7. The van der Waals surface area contributed by atoms with Gasteiger partial charge in [-0.05, 0) is 53.7 Å². The lowest BCUT2D eigenvalue weighted by molar-refractivity contribution is -0.457. The van der Waals surface area contributed by atoms with E-state index in [1.54, 1.807) is 17.1 Å². The van der Waals surface area contributed by atoms with Crippen molar-refractivity contribution in [2.45, 2.75) is 50.7 Å². The van der Waals surface area contributed by atoms with Gasteiger partial charge in [0, 0.05) is 49.4 Å². The van der Waals surface area contributed by atoms with Crippen molar-refractivity contribution < 1.29 is 104 Å². The zero-order valence-electron chi connectivity index (χ0n) is 45.9. The van der Waals surface area contributed by atoms with E-state index in [0.717, 1.165) is 50.5 Å². The number of carbonyl (C=O) groups is 1. The highest BCUT2D eigenvalue weighted by molar-refractivity contribution is 7.51. The van der Waals surface area contributed by atoms with Gasteiger partial charge in [0.2, 0.25) is 5.75 Å². The molecule has 2 aromatic heterocycles. The summed E-state index contributed by atoms with van der Waals surface area (Å²) in [6, 6.07) is 8.88. The molecule has 3 atom stereocenters. The van der Waals surface area contributed by atoms with Crippen molar-refractivity contribution in [1.82, 2.24) is 25.0 Å². The van der Waals surface area contributed by atoms with Crippen LogP contribution in [0.3, 0.4) is 0 Å². The SMILES string of the molecule is O=C(CCOCCOCCOCCOCCn1cc(COCCOCCOCCOCCOc2ccc(N3CCCC4(C3)CN(c3nc(Cl)nc5c3C=N/[N+]5=C3\O[C@H](COCP(=O)(O)O)[C@@H](O)[C@H]3O)C4)cc2)nn1)Oc1c(F)cc(F)cc1F. The van der Waals surface area contributed by atoms with Gasteiger partial charge in [0.1, 0.15) is 41.9 Å². The maximum atomic E-state index is 13.6. The summed E-state index contributed by atoms with van der Waals surface area (Å²) >= 11 is 6.42. The number of anilines is 2. The standard InChI is InChI=1S/C52H68ClF3N9O18P/c53-51-58-48(40-28-57-65(49(40)59-51)50-46(68)45(67)43(82-50)31-80-35-84(69,70)71)63-33-52(34-63)7-1-8-62(32-52)38-2-4-39(5-3-38)81-25-24-78-21-20-76-18-19-77-22-23-79-30-37-29-64(61-60-37)9-11-73-13-15-75-17-16-74-14-12-72-10-6-44(66)83-47-41(55)26-36(54)27-42(47)56/h2-5,26-29,43,45-46,67-68H,1,6-25,30-35H2,(H-,69,70,71)/p+1/b65-50-/t43-,45-,46-/m1/s1. The monoisotopic (exact) mass is 1230 g/mol. The number of piperidine rings is 1. The van der Waals surface area contributed by atoms with Crippen LogP contribution in [0.1, 0.15) is 30.5 Å². The van der Waals surface area contributed by atoms with Gasteiger partial charge in [-0.1, -0.05) is 15.0 Å². The number of benzene rings is 2. The lowest BCUT2D eigenvalue weighted by atomic mass is 9.73. The number of rotatable bonds is 37. The predicted molar refractivity (Wildman–Crippen MR) is 289 cm³/mol. The van der Waals surface area contributed by atoms with Gasteiger partial charge in [-0.25, -0.2) is 17.9 Å². The van der Waals surface area contributed by atoms with Crippen LogP contribution in [-0.2, 0) is 69.9 Å². The molecule has 0 unspecified atom stereocenters. The Bertz CT molecular complexity index is 2830. The second-order valence-corrected chi connectivity index (χ2v) is 21.6. The van der Waals surface area contributed by atoms with Crippen molar-refractivity contribution in [3.05, 3.63) is 76.6 Å². The van der Waals surface area contributed by atoms with Crippen LogP contribution in [0.2, 0.25) is 5.28 Å². The smallest absolute Gasteiger partial charge is 0.367 e. The third-order valence-corrected chi connectivity index (χ3v) is 13.9. The molecule has 4 aliphatic rings. The molecule has 8 rings (SSSR count). The maximum absolute atomic E-state index is 13.6. The van der Waals surface area contributed by atoms with E-state index in [1.807, 2.05) is 12.1 Å². The van der Waals surface area contributed by atoms with E-state index in [-0.39, 0.29) is 61.9 Å². The molecule has 0 radical (unpaired) electrons. The van der Waals surface area contributed by atoms with Crippen LogP contribution in [0.4, 0.5) is 30.5 Å². The minimum absolute atomic E-state index is 0.0123. The Morgan fingerprint density at radius 1 is 0.774 bits per heavy atom. The first-order valence-electron chi connectivity index (χ1n) is 27.2. The van der Waals surface area contributed by atoms with Gasteiger partial charge in [0.15, 0.2) is 29.7 Å². The fourth-order valence-corrected chi connectivity index (χ4v) is 9.80. The molecule has 3 saturated heterocycles. The van der Waals surface area contributed by atoms with Gasteiger partial charge in [-0.3, -0.25) is 9.36 Å². The van der Waals surface area contributed by atoms with Gasteiger partial charge in [-0.15, -0.1) is 5.10 Å². The average Bonchev–Trinajstić information content (AvgIpc) is 2.37.